The molecule has 0 bridgehead atoms. The minimum Gasteiger partial charge on any atom is -0.497 e. The van der Waals surface area contributed by atoms with E-state index in [9.17, 15) is 13.2 Å². The molecule has 3 rings (SSSR count). The normalized spacial score (nSPS) is 21.4. The second kappa shape index (κ2) is 14.8. The van der Waals surface area contributed by atoms with Gasteiger partial charge in [0, 0.05) is 38.6 Å². The van der Waals surface area contributed by atoms with Crippen LogP contribution < -0.4 is 10.1 Å². The quantitative estimate of drug-likeness (QED) is 0.387. The molecule has 8 nitrogen and oxygen atoms in total. The molecule has 0 unspecified atom stereocenters. The number of nitrogens with one attached hydrogen (secondary N) is 1. The van der Waals surface area contributed by atoms with Crippen LogP contribution >= 0.6 is 0 Å². The van der Waals surface area contributed by atoms with Gasteiger partial charge in [0.05, 0.1) is 12.0 Å². The third-order valence-corrected chi connectivity index (χ3v) is 10.8. The summed E-state index contributed by atoms with van der Waals surface area (Å²) >= 11 is 0. The molecule has 1 aromatic carbocycles. The highest BCUT2D eigenvalue weighted by atomic mass is 32.2. The monoisotopic (exact) mass is 564 g/mol. The van der Waals surface area contributed by atoms with Crippen LogP contribution in [0.15, 0.2) is 17.0 Å². The molecule has 222 valence electrons. The van der Waals surface area contributed by atoms with Gasteiger partial charge in [-0.25, -0.2) is 12.7 Å². The van der Waals surface area contributed by atoms with E-state index < -0.39 is 10.0 Å². The lowest BCUT2D eigenvalue weighted by atomic mass is 9.87. The van der Waals surface area contributed by atoms with Crippen LogP contribution in [0.2, 0.25) is 0 Å². The number of unbranched alkanes of at least 4 members (excludes halogenated alkanes) is 1. The zero-order valence-corrected chi connectivity index (χ0v) is 26.0. The number of nitrogens with zero attached hydrogens (tertiary/aromatic N) is 3. The predicted octanol–water partition coefficient (Wildman–Crippen LogP) is 4.19. The van der Waals surface area contributed by atoms with Gasteiger partial charge in [-0.05, 0) is 115 Å². The van der Waals surface area contributed by atoms with Gasteiger partial charge in [-0.2, -0.15) is 0 Å². The van der Waals surface area contributed by atoms with E-state index in [2.05, 4.69) is 29.1 Å². The summed E-state index contributed by atoms with van der Waals surface area (Å²) in [4.78, 5) is 18.2. The molecule has 1 aliphatic carbocycles. The van der Waals surface area contributed by atoms with Crippen LogP contribution in [0, 0.1) is 19.8 Å². The van der Waals surface area contributed by atoms with Gasteiger partial charge in [0.25, 0.3) is 0 Å². The lowest BCUT2D eigenvalue weighted by Crippen LogP contribution is -2.47. The molecule has 1 heterocycles. The Labute approximate surface area is 237 Å². The van der Waals surface area contributed by atoms with Gasteiger partial charge in [-0.3, -0.25) is 4.79 Å². The Morgan fingerprint density at radius 1 is 1.03 bits per heavy atom. The van der Waals surface area contributed by atoms with E-state index in [-0.39, 0.29) is 29.8 Å². The van der Waals surface area contributed by atoms with Crippen LogP contribution in [0.1, 0.15) is 75.8 Å². The first kappa shape index (κ1) is 31.8. The van der Waals surface area contributed by atoms with E-state index in [1.165, 1.54) is 56.2 Å². The molecule has 1 N–H and O–H groups in total. The topological polar surface area (TPSA) is 82.2 Å². The second-order valence-electron chi connectivity index (χ2n) is 11.8. The number of hydrogen-bond donors (Lipinski definition) is 1. The van der Waals surface area contributed by atoms with E-state index in [0.29, 0.717) is 22.9 Å². The van der Waals surface area contributed by atoms with Gasteiger partial charge in [0.1, 0.15) is 5.75 Å². The van der Waals surface area contributed by atoms with E-state index in [1.807, 2.05) is 0 Å². The molecule has 1 aliphatic heterocycles. The Kier molecular flexibility index (Phi) is 12.1. The fourth-order valence-electron chi connectivity index (χ4n) is 6.32. The molecule has 2 fully saturated rings. The van der Waals surface area contributed by atoms with Crippen molar-refractivity contribution in [1.29, 1.82) is 0 Å². The molecule has 1 saturated carbocycles. The number of aryl methyl sites for hydroxylation is 2. The fraction of sp³-hybridized carbons (Fsp3) is 0.767. The molecule has 0 aromatic heterocycles. The number of rotatable bonds is 13. The largest absolute Gasteiger partial charge is 0.497 e. The maximum atomic E-state index is 13.2. The third-order valence-electron chi connectivity index (χ3n) is 8.68. The van der Waals surface area contributed by atoms with E-state index in [1.54, 1.807) is 40.1 Å². The number of benzene rings is 1. The van der Waals surface area contributed by atoms with Gasteiger partial charge in [-0.1, -0.05) is 13.3 Å². The maximum Gasteiger partial charge on any atom is 0.243 e. The van der Waals surface area contributed by atoms with Crippen molar-refractivity contribution >= 4 is 15.9 Å². The van der Waals surface area contributed by atoms with Crippen molar-refractivity contribution in [2.75, 3.05) is 53.9 Å². The Balaban J connectivity index is 1.39. The fourth-order valence-corrected chi connectivity index (χ4v) is 7.89. The van der Waals surface area contributed by atoms with Crippen LogP contribution in [0.25, 0.3) is 0 Å². The highest BCUT2D eigenvalue weighted by Gasteiger charge is 2.30. The standard InChI is InChI=1S/C30H52N4O4S/c1-7-8-16-32(4)22-25-13-18-34(19-14-25)27-11-9-26(10-12-27)31-29(35)15-17-33(5)39(36,37)30-23(2)20-28(38-6)21-24(30)3/h20-21,25-27H,7-19,22H2,1-6H3,(H,31,35). The lowest BCUT2D eigenvalue weighted by molar-refractivity contribution is -0.122. The maximum absolute atomic E-state index is 13.2. The van der Waals surface area contributed by atoms with Crippen molar-refractivity contribution in [3.8, 4) is 5.75 Å². The third kappa shape index (κ3) is 8.90. The van der Waals surface area contributed by atoms with E-state index >= 15 is 0 Å². The SMILES string of the molecule is CCCCN(C)CC1CCN(C2CCC(NC(=O)CCN(C)S(=O)(=O)c3c(C)cc(OC)cc3C)CC2)CC1. The summed E-state index contributed by atoms with van der Waals surface area (Å²) in [5, 5.41) is 3.17. The minimum absolute atomic E-state index is 0.0725. The van der Waals surface area contributed by atoms with Crippen LogP contribution in [0.5, 0.6) is 5.75 Å². The number of piperidine rings is 1. The summed E-state index contributed by atoms with van der Waals surface area (Å²) < 4.78 is 33.0. The zero-order valence-electron chi connectivity index (χ0n) is 25.2. The first-order chi connectivity index (χ1) is 18.5. The first-order valence-corrected chi connectivity index (χ1v) is 16.3. The van der Waals surface area contributed by atoms with Crippen molar-refractivity contribution in [2.45, 2.75) is 95.5 Å². The number of carbonyl (C=O) groups excluding carboxylic acids is 1. The molecule has 9 heteroatoms. The van der Waals surface area contributed by atoms with Gasteiger partial charge in [-0.15, -0.1) is 0 Å². The molecular formula is C30H52N4O4S. The minimum atomic E-state index is -3.70. The number of sulfonamides is 1. The highest BCUT2D eigenvalue weighted by molar-refractivity contribution is 7.89. The van der Waals surface area contributed by atoms with Gasteiger partial charge in [0.15, 0.2) is 0 Å². The summed E-state index contributed by atoms with van der Waals surface area (Å²) in [6, 6.07) is 4.27. The number of likely N-dealkylation sites (tertiary alicyclic amines) is 1. The predicted molar refractivity (Wildman–Crippen MR) is 158 cm³/mol. The number of carbonyl (C=O) groups is 1. The number of amides is 1. The molecule has 0 atom stereocenters. The summed E-state index contributed by atoms with van der Waals surface area (Å²) in [5.74, 6) is 1.38. The van der Waals surface area contributed by atoms with Gasteiger partial charge >= 0.3 is 0 Å². The van der Waals surface area contributed by atoms with Gasteiger partial charge in [0.2, 0.25) is 15.9 Å². The van der Waals surface area contributed by atoms with Crippen molar-refractivity contribution in [1.82, 2.24) is 19.4 Å². The summed E-state index contributed by atoms with van der Waals surface area (Å²) in [5.41, 5.74) is 1.28. The molecule has 1 aromatic rings. The van der Waals surface area contributed by atoms with Crippen molar-refractivity contribution in [3.05, 3.63) is 23.3 Å². The van der Waals surface area contributed by atoms with Crippen LogP contribution in [0.4, 0.5) is 0 Å². The Morgan fingerprint density at radius 3 is 2.21 bits per heavy atom. The molecule has 0 radical (unpaired) electrons. The molecule has 39 heavy (non-hydrogen) atoms. The zero-order chi connectivity index (χ0) is 28.6. The molecular weight excluding hydrogens is 512 g/mol. The molecule has 1 amide bonds. The average Bonchev–Trinajstić information content (AvgIpc) is 2.90. The Hall–Kier alpha value is -1.68. The van der Waals surface area contributed by atoms with E-state index in [0.717, 1.165) is 31.6 Å². The summed E-state index contributed by atoms with van der Waals surface area (Å²) in [7, 11) is 1.67. The average molecular weight is 565 g/mol. The smallest absolute Gasteiger partial charge is 0.243 e. The van der Waals surface area contributed by atoms with Crippen molar-refractivity contribution in [3.63, 3.8) is 0 Å². The molecule has 2 aliphatic rings. The molecule has 1 saturated heterocycles. The van der Waals surface area contributed by atoms with Gasteiger partial charge < -0.3 is 19.9 Å². The number of methoxy groups -OCH3 is 1. The summed E-state index contributed by atoms with van der Waals surface area (Å²) in [6.45, 7) is 10.8. The van der Waals surface area contributed by atoms with E-state index in [4.69, 9.17) is 4.74 Å². The Morgan fingerprint density at radius 2 is 1.64 bits per heavy atom. The van der Waals surface area contributed by atoms with Crippen LogP contribution in [-0.4, -0.2) is 94.4 Å². The number of hydrogen-bond acceptors (Lipinski definition) is 6. The highest BCUT2D eigenvalue weighted by Crippen LogP contribution is 2.29. The second-order valence-corrected chi connectivity index (χ2v) is 13.8. The van der Waals surface area contributed by atoms with Crippen molar-refractivity contribution in [2.24, 2.45) is 5.92 Å². The number of ether oxygens (including phenoxy) is 1. The lowest BCUT2D eigenvalue weighted by Gasteiger charge is -2.41. The first-order valence-electron chi connectivity index (χ1n) is 14.9. The van der Waals surface area contributed by atoms with Crippen LogP contribution in [0.3, 0.4) is 0 Å². The summed E-state index contributed by atoms with van der Waals surface area (Å²) in [6.07, 6.45) is 9.51. The Bertz CT molecular complexity index is 1010. The van der Waals surface area contributed by atoms with Crippen LogP contribution in [-0.2, 0) is 14.8 Å². The van der Waals surface area contributed by atoms with Crippen molar-refractivity contribution < 1.29 is 17.9 Å². The molecule has 0 spiro atoms.